The molecule has 26 heavy (non-hydrogen) atoms. The van der Waals surface area contributed by atoms with Gasteiger partial charge in [0.2, 0.25) is 5.91 Å². The Balaban J connectivity index is 1.57. The molecule has 6 heteroatoms. The molecule has 0 aromatic heterocycles. The van der Waals surface area contributed by atoms with Crippen molar-refractivity contribution in [1.29, 1.82) is 0 Å². The molecule has 0 saturated carbocycles. The van der Waals surface area contributed by atoms with Gasteiger partial charge in [0.1, 0.15) is 0 Å². The number of ether oxygens (including phenoxy) is 1. The van der Waals surface area contributed by atoms with Crippen molar-refractivity contribution in [3.8, 4) is 0 Å². The van der Waals surface area contributed by atoms with Gasteiger partial charge in [-0.1, -0.05) is 30.3 Å². The number of nitrogens with zero attached hydrogens (tertiary/aromatic N) is 2. The van der Waals surface area contributed by atoms with E-state index in [-0.39, 0.29) is 17.4 Å². The maximum absolute atomic E-state index is 12.6. The highest BCUT2D eigenvalue weighted by atomic mass is 16.5. The molecule has 0 radical (unpaired) electrons. The lowest BCUT2D eigenvalue weighted by atomic mass is 9.73. The van der Waals surface area contributed by atoms with Crippen molar-refractivity contribution < 1.29 is 14.3 Å². The van der Waals surface area contributed by atoms with Gasteiger partial charge in [0, 0.05) is 51.7 Å². The summed E-state index contributed by atoms with van der Waals surface area (Å²) in [6.45, 7) is 3.98. The fraction of sp³-hybridized carbons (Fsp3) is 0.600. The Hall–Kier alpha value is -2.08. The summed E-state index contributed by atoms with van der Waals surface area (Å²) in [6.07, 6.45) is 3.51. The van der Waals surface area contributed by atoms with Gasteiger partial charge in [0.15, 0.2) is 0 Å². The molecule has 1 atom stereocenters. The van der Waals surface area contributed by atoms with E-state index in [0.717, 1.165) is 44.5 Å². The molecule has 1 aromatic rings. The number of piperidine rings is 2. The topological polar surface area (TPSA) is 61.9 Å². The standard InChI is InChI=1S/C20H29N3O3/c1-26-13-12-22-15-20(10-8-18(22)24)9-5-11-23(16-20)19(25)21-14-17-6-3-2-4-7-17/h2-4,6-7H,5,8-16H2,1H3,(H,21,25)/t20-/m1/s1. The monoisotopic (exact) mass is 359 g/mol. The van der Waals surface area contributed by atoms with Crippen LogP contribution in [0.25, 0.3) is 0 Å². The summed E-state index contributed by atoms with van der Waals surface area (Å²) in [5, 5.41) is 3.03. The van der Waals surface area contributed by atoms with E-state index in [2.05, 4.69) is 5.32 Å². The molecule has 0 unspecified atom stereocenters. The van der Waals surface area contributed by atoms with Gasteiger partial charge < -0.3 is 19.9 Å². The molecule has 3 rings (SSSR count). The van der Waals surface area contributed by atoms with E-state index in [1.165, 1.54) is 0 Å². The number of nitrogens with one attached hydrogen (secondary N) is 1. The third-order valence-corrected chi connectivity index (χ3v) is 5.55. The number of benzene rings is 1. The minimum absolute atomic E-state index is 0.00623. The third-order valence-electron chi connectivity index (χ3n) is 5.55. The fourth-order valence-corrected chi connectivity index (χ4v) is 4.11. The minimum Gasteiger partial charge on any atom is -0.383 e. The van der Waals surface area contributed by atoms with Gasteiger partial charge in [-0.15, -0.1) is 0 Å². The second-order valence-electron chi connectivity index (χ2n) is 7.48. The minimum atomic E-state index is -0.00623. The molecule has 3 amide bonds. The third kappa shape index (κ3) is 4.55. The van der Waals surface area contributed by atoms with Gasteiger partial charge in [0.25, 0.3) is 0 Å². The summed E-state index contributed by atoms with van der Waals surface area (Å²) in [5.41, 5.74) is 1.13. The number of amides is 3. The van der Waals surface area contributed by atoms with Crippen molar-refractivity contribution in [3.05, 3.63) is 35.9 Å². The highest BCUT2D eigenvalue weighted by molar-refractivity contribution is 5.77. The van der Waals surface area contributed by atoms with Crippen molar-refractivity contribution in [2.45, 2.75) is 32.2 Å². The van der Waals surface area contributed by atoms with Gasteiger partial charge in [-0.2, -0.15) is 0 Å². The predicted molar refractivity (Wildman–Crippen MR) is 99.6 cm³/mol. The van der Waals surface area contributed by atoms with E-state index in [4.69, 9.17) is 4.74 Å². The lowest BCUT2D eigenvalue weighted by molar-refractivity contribution is -0.139. The number of likely N-dealkylation sites (tertiary alicyclic amines) is 2. The Labute approximate surface area is 155 Å². The fourth-order valence-electron chi connectivity index (χ4n) is 4.11. The molecule has 1 N–H and O–H groups in total. The van der Waals surface area contributed by atoms with Crippen molar-refractivity contribution in [1.82, 2.24) is 15.1 Å². The highest BCUT2D eigenvalue weighted by Crippen LogP contribution is 2.38. The van der Waals surface area contributed by atoms with Crippen LogP contribution < -0.4 is 5.32 Å². The van der Waals surface area contributed by atoms with Crippen molar-refractivity contribution in [2.24, 2.45) is 5.41 Å². The molecule has 1 spiro atoms. The summed E-state index contributed by atoms with van der Waals surface area (Å²) in [7, 11) is 1.66. The number of methoxy groups -OCH3 is 1. The lowest BCUT2D eigenvalue weighted by Crippen LogP contribution is -2.56. The van der Waals surface area contributed by atoms with Crippen LogP contribution in [0, 0.1) is 5.41 Å². The van der Waals surface area contributed by atoms with Gasteiger partial charge in [0.05, 0.1) is 6.61 Å². The molecular formula is C20H29N3O3. The molecule has 142 valence electrons. The maximum atomic E-state index is 12.6. The van der Waals surface area contributed by atoms with E-state index in [0.29, 0.717) is 26.1 Å². The molecule has 1 aromatic carbocycles. The van der Waals surface area contributed by atoms with Crippen molar-refractivity contribution in [3.63, 3.8) is 0 Å². The maximum Gasteiger partial charge on any atom is 0.317 e. The molecule has 0 bridgehead atoms. The summed E-state index contributed by atoms with van der Waals surface area (Å²) in [5.74, 6) is 0.207. The number of hydrogen-bond donors (Lipinski definition) is 1. The van der Waals surface area contributed by atoms with E-state index >= 15 is 0 Å². The summed E-state index contributed by atoms with van der Waals surface area (Å²) in [6, 6.07) is 9.94. The number of carbonyl (C=O) groups is 2. The Kier molecular flexibility index (Phi) is 6.14. The predicted octanol–water partition coefficient (Wildman–Crippen LogP) is 2.25. The van der Waals surface area contributed by atoms with E-state index in [1.54, 1.807) is 7.11 Å². The van der Waals surface area contributed by atoms with Crippen molar-refractivity contribution >= 4 is 11.9 Å². The summed E-state index contributed by atoms with van der Waals surface area (Å²) in [4.78, 5) is 28.7. The van der Waals surface area contributed by atoms with Crippen LogP contribution in [-0.4, -0.2) is 61.6 Å². The van der Waals surface area contributed by atoms with Crippen LogP contribution in [0.2, 0.25) is 0 Å². The van der Waals surface area contributed by atoms with E-state index in [1.807, 2.05) is 40.1 Å². The smallest absolute Gasteiger partial charge is 0.317 e. The Morgan fingerprint density at radius 2 is 2.04 bits per heavy atom. The van der Waals surface area contributed by atoms with Crippen LogP contribution in [0.5, 0.6) is 0 Å². The second-order valence-corrected chi connectivity index (χ2v) is 7.48. The van der Waals surface area contributed by atoms with Gasteiger partial charge >= 0.3 is 6.03 Å². The van der Waals surface area contributed by atoms with Crippen LogP contribution in [0.3, 0.4) is 0 Å². The van der Waals surface area contributed by atoms with Gasteiger partial charge in [-0.3, -0.25) is 4.79 Å². The molecule has 2 fully saturated rings. The number of hydrogen-bond acceptors (Lipinski definition) is 3. The number of urea groups is 1. The average Bonchev–Trinajstić information content (AvgIpc) is 2.68. The molecule has 2 aliphatic rings. The molecule has 2 saturated heterocycles. The first-order valence-electron chi connectivity index (χ1n) is 9.45. The van der Waals surface area contributed by atoms with Gasteiger partial charge in [-0.05, 0) is 24.8 Å². The summed E-state index contributed by atoms with van der Waals surface area (Å²) < 4.78 is 5.13. The van der Waals surface area contributed by atoms with Crippen LogP contribution >= 0.6 is 0 Å². The van der Waals surface area contributed by atoms with Crippen LogP contribution in [-0.2, 0) is 16.1 Å². The van der Waals surface area contributed by atoms with E-state index < -0.39 is 0 Å². The zero-order valence-corrected chi connectivity index (χ0v) is 15.6. The zero-order chi connectivity index (χ0) is 18.4. The first-order chi connectivity index (χ1) is 12.6. The zero-order valence-electron chi connectivity index (χ0n) is 15.6. The second kappa shape index (κ2) is 8.54. The Morgan fingerprint density at radius 3 is 2.81 bits per heavy atom. The summed E-state index contributed by atoms with van der Waals surface area (Å²) >= 11 is 0. The molecular weight excluding hydrogens is 330 g/mol. The first-order valence-corrected chi connectivity index (χ1v) is 9.45. The molecule has 2 aliphatic heterocycles. The lowest BCUT2D eigenvalue weighted by Gasteiger charge is -2.48. The van der Waals surface area contributed by atoms with Gasteiger partial charge in [-0.25, -0.2) is 4.79 Å². The average molecular weight is 359 g/mol. The normalized spacial score (nSPS) is 23.3. The molecule has 2 heterocycles. The molecule has 0 aliphatic carbocycles. The Morgan fingerprint density at radius 1 is 1.23 bits per heavy atom. The first kappa shape index (κ1) is 18.7. The van der Waals surface area contributed by atoms with Crippen LogP contribution in [0.1, 0.15) is 31.2 Å². The van der Waals surface area contributed by atoms with Crippen LogP contribution in [0.15, 0.2) is 30.3 Å². The molecule has 6 nitrogen and oxygen atoms in total. The largest absolute Gasteiger partial charge is 0.383 e. The SMILES string of the molecule is COCCN1C[C@@]2(CCCN(C(=O)NCc3ccccc3)C2)CCC1=O. The number of carbonyl (C=O) groups excluding carboxylic acids is 2. The Bertz CT molecular complexity index is 622. The van der Waals surface area contributed by atoms with E-state index in [9.17, 15) is 9.59 Å². The highest BCUT2D eigenvalue weighted by Gasteiger charge is 2.42. The van der Waals surface area contributed by atoms with Crippen LogP contribution in [0.4, 0.5) is 4.79 Å². The number of rotatable bonds is 5. The quantitative estimate of drug-likeness (QED) is 0.877. The van der Waals surface area contributed by atoms with Crippen molar-refractivity contribution in [2.75, 3.05) is 39.9 Å².